The van der Waals surface area contributed by atoms with Gasteiger partial charge in [0.1, 0.15) is 12.3 Å². The largest absolute Gasteiger partial charge is 0.448 e. The SMILES string of the molecule is CNc1nc2ccccn2c1S(=O)(=O)NCCOC(N)=O. The van der Waals surface area contributed by atoms with Crippen molar-refractivity contribution in [1.82, 2.24) is 14.1 Å². The Kier molecular flexibility index (Phi) is 4.29. The number of carbonyl (C=O) groups is 1. The Morgan fingerprint density at radius 1 is 1.48 bits per heavy atom. The van der Waals surface area contributed by atoms with Gasteiger partial charge in [-0.2, -0.15) is 0 Å². The second kappa shape index (κ2) is 5.97. The molecule has 0 aliphatic rings. The van der Waals surface area contributed by atoms with Crippen LogP contribution in [-0.4, -0.2) is 44.1 Å². The number of aromatic nitrogens is 2. The number of imidazole rings is 1. The summed E-state index contributed by atoms with van der Waals surface area (Å²) in [4.78, 5) is 14.6. The Morgan fingerprint density at radius 2 is 2.24 bits per heavy atom. The standard InChI is InChI=1S/C11H15N5O4S/c1-13-9-10(16-6-3-2-4-8(16)15-9)21(18,19)14-5-7-20-11(12)17/h2-4,6,13-14H,5,7H2,1H3,(H2,12,17). The zero-order valence-corrected chi connectivity index (χ0v) is 12.1. The summed E-state index contributed by atoms with van der Waals surface area (Å²) in [7, 11) is -2.25. The molecule has 0 bridgehead atoms. The van der Waals surface area contributed by atoms with Gasteiger partial charge in [-0.1, -0.05) is 6.07 Å². The smallest absolute Gasteiger partial charge is 0.404 e. The Bertz CT molecular complexity index is 755. The van der Waals surface area contributed by atoms with E-state index in [-0.39, 0.29) is 24.0 Å². The predicted octanol–water partition coefficient (Wildman–Crippen LogP) is -0.250. The number of anilines is 1. The molecule has 1 amide bonds. The molecule has 21 heavy (non-hydrogen) atoms. The highest BCUT2D eigenvalue weighted by molar-refractivity contribution is 7.89. The van der Waals surface area contributed by atoms with Gasteiger partial charge in [-0.3, -0.25) is 4.40 Å². The number of nitrogens with one attached hydrogen (secondary N) is 2. The third-order valence-corrected chi connectivity index (χ3v) is 4.10. The van der Waals surface area contributed by atoms with Crippen molar-refractivity contribution in [3.8, 4) is 0 Å². The van der Waals surface area contributed by atoms with Crippen molar-refractivity contribution in [3.05, 3.63) is 24.4 Å². The summed E-state index contributed by atoms with van der Waals surface area (Å²) in [6.07, 6.45) is 0.636. The van der Waals surface area contributed by atoms with Crippen LogP contribution in [0.2, 0.25) is 0 Å². The summed E-state index contributed by atoms with van der Waals surface area (Å²) >= 11 is 0. The molecular formula is C11H15N5O4S. The molecule has 0 aromatic carbocycles. The van der Waals surface area contributed by atoms with E-state index in [0.717, 1.165) is 0 Å². The van der Waals surface area contributed by atoms with Crippen molar-refractivity contribution < 1.29 is 17.9 Å². The normalized spacial score (nSPS) is 11.5. The number of rotatable bonds is 6. The first-order valence-corrected chi connectivity index (χ1v) is 7.51. The summed E-state index contributed by atoms with van der Waals surface area (Å²) in [6.45, 7) is -0.241. The van der Waals surface area contributed by atoms with Gasteiger partial charge in [-0.25, -0.2) is 22.9 Å². The van der Waals surface area contributed by atoms with Crippen molar-refractivity contribution in [3.63, 3.8) is 0 Å². The molecule has 0 unspecified atom stereocenters. The van der Waals surface area contributed by atoms with Crippen LogP contribution in [0.25, 0.3) is 5.65 Å². The fraction of sp³-hybridized carbons (Fsp3) is 0.273. The van der Waals surface area contributed by atoms with Crippen LogP contribution in [0, 0.1) is 0 Å². The molecule has 2 heterocycles. The summed E-state index contributed by atoms with van der Waals surface area (Å²) in [5, 5.41) is 2.73. The van der Waals surface area contributed by atoms with E-state index in [0.29, 0.717) is 5.65 Å². The van der Waals surface area contributed by atoms with Crippen molar-refractivity contribution in [2.75, 3.05) is 25.5 Å². The number of hydrogen-bond donors (Lipinski definition) is 3. The van der Waals surface area contributed by atoms with E-state index in [1.807, 2.05) is 0 Å². The van der Waals surface area contributed by atoms with Gasteiger partial charge < -0.3 is 15.8 Å². The molecule has 114 valence electrons. The number of sulfonamides is 1. The molecule has 0 aliphatic heterocycles. The molecule has 2 aromatic rings. The topological polar surface area (TPSA) is 128 Å². The van der Waals surface area contributed by atoms with Crippen LogP contribution >= 0.6 is 0 Å². The molecular weight excluding hydrogens is 298 g/mol. The second-order valence-corrected chi connectivity index (χ2v) is 5.69. The van der Waals surface area contributed by atoms with Crippen LogP contribution in [0.1, 0.15) is 0 Å². The molecule has 2 aromatic heterocycles. The maximum atomic E-state index is 12.3. The molecule has 2 rings (SSSR count). The average molecular weight is 313 g/mol. The molecule has 0 aliphatic carbocycles. The second-order valence-electron chi connectivity index (χ2n) is 4.01. The predicted molar refractivity (Wildman–Crippen MR) is 75.5 cm³/mol. The minimum Gasteiger partial charge on any atom is -0.448 e. The summed E-state index contributed by atoms with van der Waals surface area (Å²) in [5.74, 6) is 0.226. The third kappa shape index (κ3) is 3.23. The van der Waals surface area contributed by atoms with Gasteiger partial charge in [0.15, 0.2) is 10.8 Å². The van der Waals surface area contributed by atoms with Crippen LogP contribution in [-0.2, 0) is 14.8 Å². The molecule has 4 N–H and O–H groups in total. The fourth-order valence-electron chi connectivity index (χ4n) is 1.79. The quantitative estimate of drug-likeness (QED) is 0.631. The number of nitrogens with zero attached hydrogens (tertiary/aromatic N) is 2. The maximum absolute atomic E-state index is 12.3. The van der Waals surface area contributed by atoms with Crippen molar-refractivity contribution >= 4 is 27.6 Å². The van der Waals surface area contributed by atoms with Gasteiger partial charge in [0.2, 0.25) is 0 Å². The Morgan fingerprint density at radius 3 is 2.90 bits per heavy atom. The number of amides is 1. The minimum atomic E-state index is -3.83. The van der Waals surface area contributed by atoms with E-state index >= 15 is 0 Å². The lowest BCUT2D eigenvalue weighted by molar-refractivity contribution is 0.159. The molecule has 9 nitrogen and oxygen atoms in total. The lowest BCUT2D eigenvalue weighted by Crippen LogP contribution is -2.30. The van der Waals surface area contributed by atoms with E-state index < -0.39 is 16.1 Å². The molecule has 0 radical (unpaired) electrons. The monoisotopic (exact) mass is 313 g/mol. The van der Waals surface area contributed by atoms with E-state index in [2.05, 4.69) is 19.8 Å². The number of ether oxygens (including phenoxy) is 1. The first-order valence-electron chi connectivity index (χ1n) is 6.02. The lowest BCUT2D eigenvalue weighted by atomic mass is 10.5. The average Bonchev–Trinajstić information content (AvgIpc) is 2.82. The lowest BCUT2D eigenvalue weighted by Gasteiger charge is -2.08. The fourth-order valence-corrected chi connectivity index (χ4v) is 3.09. The molecule has 10 heteroatoms. The molecule has 0 atom stereocenters. The first kappa shape index (κ1) is 15.1. The van der Waals surface area contributed by atoms with E-state index in [1.54, 1.807) is 31.4 Å². The van der Waals surface area contributed by atoms with Gasteiger partial charge in [0.05, 0.1) is 0 Å². The molecule has 0 spiro atoms. The van der Waals surface area contributed by atoms with Crippen LogP contribution in [0.15, 0.2) is 29.4 Å². The molecule has 0 fully saturated rings. The van der Waals surface area contributed by atoms with Gasteiger partial charge in [-0.15, -0.1) is 0 Å². The van der Waals surface area contributed by atoms with Gasteiger partial charge in [0.25, 0.3) is 10.0 Å². The molecule has 0 saturated heterocycles. The highest BCUT2D eigenvalue weighted by atomic mass is 32.2. The third-order valence-electron chi connectivity index (χ3n) is 2.62. The highest BCUT2D eigenvalue weighted by Gasteiger charge is 2.24. The summed E-state index contributed by atoms with van der Waals surface area (Å²) in [5.41, 5.74) is 5.29. The van der Waals surface area contributed by atoms with Gasteiger partial charge >= 0.3 is 6.09 Å². The number of hydrogen-bond acceptors (Lipinski definition) is 6. The Balaban J connectivity index is 2.29. The Hall–Kier alpha value is -2.33. The van der Waals surface area contributed by atoms with Gasteiger partial charge in [-0.05, 0) is 12.1 Å². The minimum absolute atomic E-state index is 0.0142. The van der Waals surface area contributed by atoms with Crippen LogP contribution in [0.4, 0.5) is 10.6 Å². The number of primary amides is 1. The number of carbonyl (C=O) groups excluding carboxylic acids is 1. The summed E-state index contributed by atoms with van der Waals surface area (Å²) < 4.78 is 32.9. The Labute approximate surface area is 121 Å². The maximum Gasteiger partial charge on any atom is 0.404 e. The zero-order valence-electron chi connectivity index (χ0n) is 11.2. The van der Waals surface area contributed by atoms with Crippen LogP contribution in [0.3, 0.4) is 0 Å². The van der Waals surface area contributed by atoms with E-state index in [4.69, 9.17) is 5.73 Å². The number of fused-ring (bicyclic) bond motifs is 1. The zero-order chi connectivity index (χ0) is 15.5. The van der Waals surface area contributed by atoms with E-state index in [1.165, 1.54) is 4.40 Å². The molecule has 0 saturated carbocycles. The van der Waals surface area contributed by atoms with Crippen LogP contribution in [0.5, 0.6) is 0 Å². The highest BCUT2D eigenvalue weighted by Crippen LogP contribution is 2.21. The number of nitrogens with two attached hydrogens (primary N) is 1. The van der Waals surface area contributed by atoms with Crippen LogP contribution < -0.4 is 15.8 Å². The van der Waals surface area contributed by atoms with Gasteiger partial charge in [0, 0.05) is 19.8 Å². The van der Waals surface area contributed by atoms with E-state index in [9.17, 15) is 13.2 Å². The van der Waals surface area contributed by atoms with Crippen molar-refractivity contribution in [2.45, 2.75) is 5.03 Å². The summed E-state index contributed by atoms with van der Waals surface area (Å²) in [6, 6.07) is 5.14. The van der Waals surface area contributed by atoms with Crippen molar-refractivity contribution in [2.24, 2.45) is 5.73 Å². The number of pyridine rings is 1. The first-order chi connectivity index (χ1) is 9.95. The van der Waals surface area contributed by atoms with Crippen molar-refractivity contribution in [1.29, 1.82) is 0 Å².